The molecule has 134 valence electrons. The quantitative estimate of drug-likeness (QED) is 0.693. The Hall–Kier alpha value is -2.09. The Morgan fingerprint density at radius 3 is 2.29 bits per heavy atom. The Bertz CT molecular complexity index is 630. The van der Waals surface area contributed by atoms with Gasteiger partial charge < -0.3 is 15.5 Å². The SMILES string of the molecule is C[C@@H](C(=O)Nc1ccc(F)c(F)c1F)[NH+](C)CC(=O)NC(C)(C)C. The van der Waals surface area contributed by atoms with E-state index in [-0.39, 0.29) is 12.5 Å². The summed E-state index contributed by atoms with van der Waals surface area (Å²) in [4.78, 5) is 24.6. The zero-order valence-electron chi connectivity index (χ0n) is 14.4. The third-order valence-electron chi connectivity index (χ3n) is 3.38. The number of nitrogens with one attached hydrogen (secondary N) is 3. The topological polar surface area (TPSA) is 62.6 Å². The fourth-order valence-electron chi connectivity index (χ4n) is 1.96. The number of amides is 2. The Balaban J connectivity index is 2.71. The molecule has 0 aliphatic heterocycles. The van der Waals surface area contributed by atoms with E-state index in [1.165, 1.54) is 0 Å². The van der Waals surface area contributed by atoms with E-state index in [4.69, 9.17) is 0 Å². The highest BCUT2D eigenvalue weighted by atomic mass is 19.2. The first-order valence-corrected chi connectivity index (χ1v) is 7.50. The van der Waals surface area contributed by atoms with Crippen molar-refractivity contribution in [2.24, 2.45) is 0 Å². The molecule has 3 N–H and O–H groups in total. The van der Waals surface area contributed by atoms with Crippen molar-refractivity contribution >= 4 is 17.5 Å². The summed E-state index contributed by atoms with van der Waals surface area (Å²) < 4.78 is 39.6. The lowest BCUT2D eigenvalue weighted by molar-refractivity contribution is -0.885. The third-order valence-corrected chi connectivity index (χ3v) is 3.38. The van der Waals surface area contributed by atoms with Crippen LogP contribution in [-0.2, 0) is 9.59 Å². The summed E-state index contributed by atoms with van der Waals surface area (Å²) in [5, 5.41) is 4.98. The number of carbonyl (C=O) groups is 2. The highest BCUT2D eigenvalue weighted by Gasteiger charge is 2.26. The number of halogens is 3. The van der Waals surface area contributed by atoms with Crippen molar-refractivity contribution in [3.8, 4) is 0 Å². The molecule has 24 heavy (non-hydrogen) atoms. The summed E-state index contributed by atoms with van der Waals surface area (Å²) >= 11 is 0. The van der Waals surface area contributed by atoms with Gasteiger partial charge >= 0.3 is 0 Å². The molecule has 2 atom stereocenters. The van der Waals surface area contributed by atoms with Crippen molar-refractivity contribution in [3.63, 3.8) is 0 Å². The average Bonchev–Trinajstić information content (AvgIpc) is 2.44. The van der Waals surface area contributed by atoms with Crippen LogP contribution in [0.5, 0.6) is 0 Å². The molecule has 2 amide bonds. The summed E-state index contributed by atoms with van der Waals surface area (Å²) in [6.07, 6.45) is 0. The Labute approximate surface area is 139 Å². The summed E-state index contributed by atoms with van der Waals surface area (Å²) in [6.45, 7) is 7.09. The van der Waals surface area contributed by atoms with E-state index in [1.807, 2.05) is 20.8 Å². The van der Waals surface area contributed by atoms with E-state index in [1.54, 1.807) is 14.0 Å². The summed E-state index contributed by atoms with van der Waals surface area (Å²) in [5.74, 6) is -5.29. The fourth-order valence-corrected chi connectivity index (χ4v) is 1.96. The molecule has 0 aromatic heterocycles. The largest absolute Gasteiger partial charge is 0.347 e. The van der Waals surface area contributed by atoms with Crippen molar-refractivity contribution < 1.29 is 27.7 Å². The number of carbonyl (C=O) groups excluding carboxylic acids is 2. The number of hydrogen-bond donors (Lipinski definition) is 3. The predicted octanol–water partition coefficient (Wildman–Crippen LogP) is 0.860. The van der Waals surface area contributed by atoms with Crippen molar-refractivity contribution in [1.29, 1.82) is 0 Å². The van der Waals surface area contributed by atoms with Gasteiger partial charge in [-0.2, -0.15) is 0 Å². The number of anilines is 1. The first-order chi connectivity index (χ1) is 10.9. The molecular formula is C16H23F3N3O2+. The van der Waals surface area contributed by atoms with E-state index >= 15 is 0 Å². The standard InChI is InChI=1S/C16H22F3N3O2/c1-9(22(5)8-12(23)21-16(2,3)4)15(24)20-11-7-6-10(17)13(18)14(11)19/h6-7,9H,8H2,1-5H3,(H,20,24)(H,21,23)/p+1/t9-/m0/s1. The second-order valence-electron chi connectivity index (χ2n) is 6.76. The lowest BCUT2D eigenvalue weighted by Crippen LogP contribution is -3.15. The molecule has 1 rings (SSSR count). The second kappa shape index (κ2) is 7.65. The van der Waals surface area contributed by atoms with Gasteiger partial charge in [-0.25, -0.2) is 13.2 Å². The first-order valence-electron chi connectivity index (χ1n) is 7.50. The maximum Gasteiger partial charge on any atom is 0.282 e. The normalized spacial score (nSPS) is 14.0. The van der Waals surface area contributed by atoms with Gasteiger partial charge in [0.2, 0.25) is 0 Å². The van der Waals surface area contributed by atoms with Gasteiger partial charge in [-0.15, -0.1) is 0 Å². The average molecular weight is 346 g/mol. The molecule has 8 heteroatoms. The molecule has 0 heterocycles. The summed E-state index contributed by atoms with van der Waals surface area (Å²) in [6, 6.07) is 0.967. The van der Waals surface area contributed by atoms with E-state index in [0.717, 1.165) is 12.1 Å². The van der Waals surface area contributed by atoms with Crippen LogP contribution in [0.25, 0.3) is 0 Å². The minimum atomic E-state index is -1.65. The van der Waals surface area contributed by atoms with E-state index in [2.05, 4.69) is 10.6 Å². The lowest BCUT2D eigenvalue weighted by Gasteiger charge is -2.24. The van der Waals surface area contributed by atoms with Crippen LogP contribution in [0, 0.1) is 17.5 Å². The van der Waals surface area contributed by atoms with Crippen LogP contribution in [0.4, 0.5) is 18.9 Å². The summed E-state index contributed by atoms with van der Waals surface area (Å²) in [7, 11) is 1.63. The van der Waals surface area contributed by atoms with Crippen molar-refractivity contribution in [2.75, 3.05) is 18.9 Å². The predicted molar refractivity (Wildman–Crippen MR) is 84.1 cm³/mol. The van der Waals surface area contributed by atoms with Crippen LogP contribution in [0.2, 0.25) is 0 Å². The number of likely N-dealkylation sites (N-methyl/N-ethyl adjacent to an activating group) is 1. The first kappa shape index (κ1) is 20.0. The van der Waals surface area contributed by atoms with Crippen LogP contribution < -0.4 is 15.5 Å². The molecule has 0 aliphatic rings. The smallest absolute Gasteiger partial charge is 0.282 e. The van der Waals surface area contributed by atoms with E-state index in [0.29, 0.717) is 4.90 Å². The maximum atomic E-state index is 13.6. The van der Waals surface area contributed by atoms with Crippen LogP contribution in [0.3, 0.4) is 0 Å². The van der Waals surface area contributed by atoms with Gasteiger partial charge in [-0.05, 0) is 39.8 Å². The Morgan fingerprint density at radius 1 is 1.17 bits per heavy atom. The van der Waals surface area contributed by atoms with Crippen molar-refractivity contribution in [1.82, 2.24) is 5.32 Å². The van der Waals surface area contributed by atoms with Crippen molar-refractivity contribution in [3.05, 3.63) is 29.6 Å². The summed E-state index contributed by atoms with van der Waals surface area (Å²) in [5.41, 5.74) is -0.838. The minimum absolute atomic E-state index is 0.0338. The molecule has 1 unspecified atom stereocenters. The number of hydrogen-bond acceptors (Lipinski definition) is 2. The second-order valence-corrected chi connectivity index (χ2v) is 6.76. The van der Waals surface area contributed by atoms with Gasteiger partial charge in [-0.3, -0.25) is 9.59 Å². The molecule has 0 aliphatic carbocycles. The third kappa shape index (κ3) is 5.52. The molecule has 0 bridgehead atoms. The van der Waals surface area contributed by atoms with E-state index in [9.17, 15) is 22.8 Å². The van der Waals surface area contributed by atoms with Gasteiger partial charge in [0.1, 0.15) is 0 Å². The fraction of sp³-hybridized carbons (Fsp3) is 0.500. The molecule has 0 saturated heterocycles. The van der Waals surface area contributed by atoms with Gasteiger partial charge in [-0.1, -0.05) is 0 Å². The van der Waals surface area contributed by atoms with Gasteiger partial charge in [0, 0.05) is 5.54 Å². The molecule has 0 fully saturated rings. The van der Waals surface area contributed by atoms with Gasteiger partial charge in [0.05, 0.1) is 12.7 Å². The Kier molecular flexibility index (Phi) is 6.36. The van der Waals surface area contributed by atoms with Crippen molar-refractivity contribution in [2.45, 2.75) is 39.3 Å². The molecule has 0 saturated carbocycles. The van der Waals surface area contributed by atoms with Crippen LogP contribution >= 0.6 is 0 Å². The molecule has 0 spiro atoms. The molecule has 0 radical (unpaired) electrons. The molecule has 1 aromatic carbocycles. The van der Waals surface area contributed by atoms with Crippen LogP contribution in [-0.4, -0.2) is 37.0 Å². The highest BCUT2D eigenvalue weighted by molar-refractivity contribution is 5.93. The molecule has 5 nitrogen and oxygen atoms in total. The minimum Gasteiger partial charge on any atom is -0.347 e. The number of quaternary nitrogens is 1. The number of benzene rings is 1. The van der Waals surface area contributed by atoms with Crippen LogP contribution in [0.1, 0.15) is 27.7 Å². The van der Waals surface area contributed by atoms with Gasteiger partial charge in [0.25, 0.3) is 11.8 Å². The zero-order chi connectivity index (χ0) is 18.7. The lowest BCUT2D eigenvalue weighted by atomic mass is 10.1. The highest BCUT2D eigenvalue weighted by Crippen LogP contribution is 2.19. The van der Waals surface area contributed by atoms with Gasteiger partial charge in [0.15, 0.2) is 30.0 Å². The monoisotopic (exact) mass is 346 g/mol. The zero-order valence-corrected chi connectivity index (χ0v) is 14.4. The maximum absolute atomic E-state index is 13.6. The van der Waals surface area contributed by atoms with E-state index < -0.39 is 40.6 Å². The number of rotatable bonds is 5. The van der Waals surface area contributed by atoms with Crippen LogP contribution in [0.15, 0.2) is 12.1 Å². The Morgan fingerprint density at radius 2 is 1.75 bits per heavy atom. The molecule has 1 aromatic rings. The molecular weight excluding hydrogens is 323 g/mol.